The summed E-state index contributed by atoms with van der Waals surface area (Å²) in [5.74, 6) is 1.17. The van der Waals surface area contributed by atoms with Crippen LogP contribution < -0.4 is 0 Å². The lowest BCUT2D eigenvalue weighted by Crippen LogP contribution is -2.35. The summed E-state index contributed by atoms with van der Waals surface area (Å²) in [6.45, 7) is 7.38. The zero-order valence-electron chi connectivity index (χ0n) is 16.9. The average molecular weight is 364 g/mol. The third-order valence-electron chi connectivity index (χ3n) is 6.10. The van der Waals surface area contributed by atoms with E-state index in [-0.39, 0.29) is 5.92 Å². The Morgan fingerprint density at radius 2 is 1.70 bits per heavy atom. The van der Waals surface area contributed by atoms with Gasteiger partial charge in [0.15, 0.2) is 0 Å². The summed E-state index contributed by atoms with van der Waals surface area (Å²) in [5, 5.41) is 0. The number of likely N-dealkylation sites (tertiary alicyclic amines) is 1. The summed E-state index contributed by atoms with van der Waals surface area (Å²) in [4.78, 5) is 14.8. The third kappa shape index (κ3) is 5.77. The number of nitrogens with zero attached hydrogens (tertiary/aromatic N) is 1. The number of hydrogen-bond donors (Lipinski definition) is 0. The molecule has 0 N–H and O–H groups in total. The van der Waals surface area contributed by atoms with Crippen LogP contribution >= 0.6 is 0 Å². The number of carbonyl (C=O) groups is 1. The molecule has 0 radical (unpaired) electrons. The number of piperidine rings is 1. The van der Waals surface area contributed by atoms with Gasteiger partial charge in [-0.3, -0.25) is 4.79 Å². The van der Waals surface area contributed by atoms with Crippen LogP contribution in [0.3, 0.4) is 0 Å². The van der Waals surface area contributed by atoms with Crippen LogP contribution in [0.25, 0.3) is 0 Å². The fourth-order valence-electron chi connectivity index (χ4n) is 4.44. The van der Waals surface area contributed by atoms with Gasteiger partial charge in [0.25, 0.3) is 0 Å². The Morgan fingerprint density at radius 3 is 2.37 bits per heavy atom. The molecular formula is C25H33NO. The lowest BCUT2D eigenvalue weighted by Gasteiger charge is -2.32. The van der Waals surface area contributed by atoms with Crippen LogP contribution in [-0.4, -0.2) is 30.3 Å². The molecule has 1 aliphatic rings. The highest BCUT2D eigenvalue weighted by Crippen LogP contribution is 2.26. The van der Waals surface area contributed by atoms with Crippen molar-refractivity contribution in [2.45, 2.75) is 51.9 Å². The molecule has 2 heteroatoms. The molecule has 1 saturated heterocycles. The number of carbonyl (C=O) groups excluding carboxylic acids is 1. The minimum Gasteiger partial charge on any atom is -0.303 e. The number of aryl methyl sites for hydroxylation is 1. The monoisotopic (exact) mass is 363 g/mol. The molecule has 0 bridgehead atoms. The van der Waals surface area contributed by atoms with Crippen molar-refractivity contribution in [3.63, 3.8) is 0 Å². The largest absolute Gasteiger partial charge is 0.303 e. The van der Waals surface area contributed by atoms with E-state index in [4.69, 9.17) is 0 Å². The summed E-state index contributed by atoms with van der Waals surface area (Å²) in [6, 6.07) is 19.2. The molecule has 1 atom stereocenters. The van der Waals surface area contributed by atoms with Crippen molar-refractivity contribution in [2.24, 2.45) is 5.92 Å². The average Bonchev–Trinajstić information content (AvgIpc) is 2.68. The van der Waals surface area contributed by atoms with E-state index in [1.165, 1.54) is 49.0 Å². The molecule has 1 heterocycles. The van der Waals surface area contributed by atoms with Gasteiger partial charge in [-0.2, -0.15) is 0 Å². The van der Waals surface area contributed by atoms with E-state index in [1.807, 2.05) is 0 Å². The first kappa shape index (κ1) is 19.8. The zero-order valence-corrected chi connectivity index (χ0v) is 16.9. The Hall–Kier alpha value is -1.93. The molecule has 3 rings (SSSR count). The first-order chi connectivity index (χ1) is 13.1. The molecule has 2 aromatic carbocycles. The zero-order chi connectivity index (χ0) is 19.1. The molecular weight excluding hydrogens is 330 g/mol. The Balaban J connectivity index is 1.43. The molecule has 0 aromatic heterocycles. The highest BCUT2D eigenvalue weighted by molar-refractivity contribution is 5.83. The molecule has 2 nitrogen and oxygen atoms in total. The summed E-state index contributed by atoms with van der Waals surface area (Å²) in [5.41, 5.74) is 3.92. The van der Waals surface area contributed by atoms with E-state index < -0.39 is 0 Å². The topological polar surface area (TPSA) is 20.3 Å². The maximum absolute atomic E-state index is 12.2. The maximum atomic E-state index is 12.2. The van der Waals surface area contributed by atoms with Gasteiger partial charge in [-0.05, 0) is 88.2 Å². The van der Waals surface area contributed by atoms with Gasteiger partial charge in [0.1, 0.15) is 5.78 Å². The van der Waals surface area contributed by atoms with Gasteiger partial charge in [0.05, 0.1) is 0 Å². The molecule has 0 saturated carbocycles. The van der Waals surface area contributed by atoms with Gasteiger partial charge >= 0.3 is 0 Å². The second kappa shape index (κ2) is 9.85. The lowest BCUT2D eigenvalue weighted by atomic mass is 9.87. The summed E-state index contributed by atoms with van der Waals surface area (Å²) in [7, 11) is 0. The number of rotatable bonds is 8. The number of ketones is 1. The Morgan fingerprint density at radius 1 is 1.04 bits per heavy atom. The molecule has 0 amide bonds. The molecule has 27 heavy (non-hydrogen) atoms. The van der Waals surface area contributed by atoms with Gasteiger partial charge in [-0.25, -0.2) is 0 Å². The van der Waals surface area contributed by atoms with E-state index in [0.717, 1.165) is 25.3 Å². The van der Waals surface area contributed by atoms with Gasteiger partial charge in [0, 0.05) is 5.92 Å². The van der Waals surface area contributed by atoms with Crippen molar-refractivity contribution in [3.05, 3.63) is 71.3 Å². The first-order valence-electron chi connectivity index (χ1n) is 10.5. The minimum absolute atomic E-state index is 0.0572. The van der Waals surface area contributed by atoms with Crippen LogP contribution in [0.1, 0.15) is 55.2 Å². The third-order valence-corrected chi connectivity index (χ3v) is 6.10. The van der Waals surface area contributed by atoms with Crippen LogP contribution in [-0.2, 0) is 11.2 Å². The predicted molar refractivity (Wildman–Crippen MR) is 113 cm³/mol. The molecule has 1 aliphatic heterocycles. The number of Topliss-reactive ketones (excluding diaryl/α,β-unsaturated/α-hetero) is 1. The minimum atomic E-state index is 0.0572. The molecule has 2 aromatic rings. The van der Waals surface area contributed by atoms with Crippen molar-refractivity contribution < 1.29 is 4.79 Å². The van der Waals surface area contributed by atoms with E-state index in [9.17, 15) is 4.79 Å². The SMILES string of the molecule is CC(=O)C(CCCN1CCC(Cc2ccccc2)CC1)c1ccccc1C. The summed E-state index contributed by atoms with van der Waals surface area (Å²) >= 11 is 0. The van der Waals surface area contributed by atoms with Crippen LogP contribution in [0.5, 0.6) is 0 Å². The van der Waals surface area contributed by atoms with Gasteiger partial charge < -0.3 is 4.90 Å². The van der Waals surface area contributed by atoms with E-state index in [1.54, 1.807) is 6.92 Å². The van der Waals surface area contributed by atoms with E-state index in [2.05, 4.69) is 66.4 Å². The van der Waals surface area contributed by atoms with Crippen molar-refractivity contribution >= 4 is 5.78 Å². The van der Waals surface area contributed by atoms with E-state index in [0.29, 0.717) is 5.78 Å². The second-order valence-corrected chi connectivity index (χ2v) is 8.14. The van der Waals surface area contributed by atoms with Crippen LogP contribution in [0.15, 0.2) is 54.6 Å². The maximum Gasteiger partial charge on any atom is 0.137 e. The van der Waals surface area contributed by atoms with Crippen molar-refractivity contribution in [1.29, 1.82) is 0 Å². The van der Waals surface area contributed by atoms with Gasteiger partial charge in [0.2, 0.25) is 0 Å². The van der Waals surface area contributed by atoms with Crippen LogP contribution in [0.4, 0.5) is 0 Å². The molecule has 0 aliphatic carbocycles. The Bertz CT molecular complexity index is 716. The van der Waals surface area contributed by atoms with Crippen LogP contribution in [0.2, 0.25) is 0 Å². The molecule has 1 unspecified atom stereocenters. The van der Waals surface area contributed by atoms with Crippen molar-refractivity contribution in [1.82, 2.24) is 4.90 Å². The van der Waals surface area contributed by atoms with Gasteiger partial charge in [-0.15, -0.1) is 0 Å². The first-order valence-corrected chi connectivity index (χ1v) is 10.5. The quantitative estimate of drug-likeness (QED) is 0.625. The summed E-state index contributed by atoms with van der Waals surface area (Å²) in [6.07, 6.45) is 5.87. The smallest absolute Gasteiger partial charge is 0.137 e. The van der Waals surface area contributed by atoms with Gasteiger partial charge in [-0.1, -0.05) is 54.6 Å². The lowest BCUT2D eigenvalue weighted by molar-refractivity contribution is -0.118. The van der Waals surface area contributed by atoms with Crippen molar-refractivity contribution in [2.75, 3.05) is 19.6 Å². The predicted octanol–water partition coefficient (Wildman–Crippen LogP) is 5.40. The molecule has 0 spiro atoms. The van der Waals surface area contributed by atoms with Crippen LogP contribution in [0, 0.1) is 12.8 Å². The molecule has 144 valence electrons. The Kier molecular flexibility index (Phi) is 7.23. The molecule has 1 fully saturated rings. The normalized spacial score (nSPS) is 17.0. The fraction of sp³-hybridized carbons (Fsp3) is 0.480. The fourth-order valence-corrected chi connectivity index (χ4v) is 4.44. The van der Waals surface area contributed by atoms with E-state index >= 15 is 0 Å². The highest BCUT2D eigenvalue weighted by atomic mass is 16.1. The number of hydrogen-bond acceptors (Lipinski definition) is 2. The number of benzene rings is 2. The summed E-state index contributed by atoms with van der Waals surface area (Å²) < 4.78 is 0. The standard InChI is InChI=1S/C25H33NO/c1-20-9-6-7-12-24(20)25(21(2)27)13-8-16-26-17-14-23(15-18-26)19-22-10-4-3-5-11-22/h3-7,9-12,23,25H,8,13-19H2,1-2H3. The van der Waals surface area contributed by atoms with Crippen molar-refractivity contribution in [3.8, 4) is 0 Å². The second-order valence-electron chi connectivity index (χ2n) is 8.14. The highest BCUT2D eigenvalue weighted by Gasteiger charge is 2.21. The Labute approximate surface area is 164 Å².